The standard InChI is InChI=1S/C16H24O3/c17-11-7-2-1-6-10-15-16(19-15)13-18-12-14-8-4-3-5-9-14/h3-5,8-9,15-17H,1-2,6-7,10-13H2/t15-,16-/m1/s1. The lowest BCUT2D eigenvalue weighted by molar-refractivity contribution is 0.104. The Morgan fingerprint density at radius 2 is 1.79 bits per heavy atom. The first-order valence-corrected chi connectivity index (χ1v) is 7.28. The molecule has 1 aliphatic rings. The Hall–Kier alpha value is -0.900. The molecule has 2 rings (SSSR count). The second-order valence-electron chi connectivity index (χ2n) is 5.14. The lowest BCUT2D eigenvalue weighted by Crippen LogP contribution is -2.05. The highest BCUT2D eigenvalue weighted by molar-refractivity contribution is 5.13. The van der Waals surface area contributed by atoms with Crippen LogP contribution in [-0.4, -0.2) is 30.5 Å². The number of ether oxygens (including phenoxy) is 2. The molecule has 2 atom stereocenters. The minimum Gasteiger partial charge on any atom is -0.396 e. The van der Waals surface area contributed by atoms with Gasteiger partial charge in [-0.15, -0.1) is 0 Å². The van der Waals surface area contributed by atoms with E-state index in [2.05, 4.69) is 12.1 Å². The molecule has 0 aromatic heterocycles. The van der Waals surface area contributed by atoms with E-state index in [0.717, 1.165) is 19.3 Å². The number of benzene rings is 1. The molecular weight excluding hydrogens is 240 g/mol. The number of hydrogen-bond donors (Lipinski definition) is 1. The fourth-order valence-electron chi connectivity index (χ4n) is 2.26. The summed E-state index contributed by atoms with van der Waals surface area (Å²) in [6.07, 6.45) is 6.28. The molecule has 1 fully saturated rings. The summed E-state index contributed by atoms with van der Waals surface area (Å²) in [5.74, 6) is 0. The highest BCUT2D eigenvalue weighted by Crippen LogP contribution is 2.27. The zero-order chi connectivity index (χ0) is 13.3. The lowest BCUT2D eigenvalue weighted by atomic mass is 10.1. The van der Waals surface area contributed by atoms with E-state index in [4.69, 9.17) is 14.6 Å². The summed E-state index contributed by atoms with van der Waals surface area (Å²) in [6.45, 7) is 1.69. The fraction of sp³-hybridized carbons (Fsp3) is 0.625. The van der Waals surface area contributed by atoms with Gasteiger partial charge in [0.1, 0.15) is 6.10 Å². The van der Waals surface area contributed by atoms with E-state index in [0.29, 0.717) is 32.0 Å². The molecule has 1 heterocycles. The predicted molar refractivity (Wildman–Crippen MR) is 74.9 cm³/mol. The molecule has 1 aliphatic heterocycles. The minimum atomic E-state index is 0.307. The minimum absolute atomic E-state index is 0.307. The Balaban J connectivity index is 1.46. The second-order valence-corrected chi connectivity index (χ2v) is 5.14. The van der Waals surface area contributed by atoms with Gasteiger partial charge in [-0.1, -0.05) is 49.6 Å². The van der Waals surface area contributed by atoms with Crippen LogP contribution in [0.4, 0.5) is 0 Å². The monoisotopic (exact) mass is 264 g/mol. The van der Waals surface area contributed by atoms with Crippen LogP contribution in [0, 0.1) is 0 Å². The van der Waals surface area contributed by atoms with E-state index in [-0.39, 0.29) is 0 Å². The Bertz CT molecular complexity index is 339. The highest BCUT2D eigenvalue weighted by atomic mass is 16.6. The quantitative estimate of drug-likeness (QED) is 0.522. The fourth-order valence-corrected chi connectivity index (χ4v) is 2.26. The van der Waals surface area contributed by atoms with Gasteiger partial charge in [0.25, 0.3) is 0 Å². The van der Waals surface area contributed by atoms with Crippen molar-refractivity contribution in [3.63, 3.8) is 0 Å². The van der Waals surface area contributed by atoms with Crippen LogP contribution in [0.5, 0.6) is 0 Å². The third-order valence-corrected chi connectivity index (χ3v) is 3.48. The molecule has 3 heteroatoms. The highest BCUT2D eigenvalue weighted by Gasteiger charge is 2.37. The van der Waals surface area contributed by atoms with Gasteiger partial charge < -0.3 is 14.6 Å². The van der Waals surface area contributed by atoms with Gasteiger partial charge in [0.15, 0.2) is 0 Å². The first-order valence-electron chi connectivity index (χ1n) is 7.28. The molecule has 0 amide bonds. The summed E-state index contributed by atoms with van der Waals surface area (Å²) < 4.78 is 11.2. The van der Waals surface area contributed by atoms with Crippen LogP contribution < -0.4 is 0 Å². The van der Waals surface area contributed by atoms with Crippen LogP contribution in [0.15, 0.2) is 30.3 Å². The normalized spacial score (nSPS) is 21.5. The van der Waals surface area contributed by atoms with Crippen LogP contribution >= 0.6 is 0 Å². The van der Waals surface area contributed by atoms with Gasteiger partial charge in [-0.2, -0.15) is 0 Å². The second kappa shape index (κ2) is 8.31. The van der Waals surface area contributed by atoms with Gasteiger partial charge in [0.05, 0.1) is 19.3 Å². The van der Waals surface area contributed by atoms with Crippen LogP contribution in [0.1, 0.15) is 37.7 Å². The first kappa shape index (κ1) is 14.5. The van der Waals surface area contributed by atoms with Crippen molar-refractivity contribution in [2.75, 3.05) is 13.2 Å². The van der Waals surface area contributed by atoms with Crippen LogP contribution in [0.2, 0.25) is 0 Å². The van der Waals surface area contributed by atoms with E-state index >= 15 is 0 Å². The molecule has 0 radical (unpaired) electrons. The van der Waals surface area contributed by atoms with Crippen molar-refractivity contribution in [1.82, 2.24) is 0 Å². The number of aliphatic hydroxyl groups excluding tert-OH is 1. The maximum atomic E-state index is 8.68. The van der Waals surface area contributed by atoms with Gasteiger partial charge in [-0.05, 0) is 18.4 Å². The third-order valence-electron chi connectivity index (χ3n) is 3.48. The molecule has 19 heavy (non-hydrogen) atoms. The average Bonchev–Trinajstić information content (AvgIpc) is 3.18. The van der Waals surface area contributed by atoms with Crippen LogP contribution in [-0.2, 0) is 16.1 Å². The Labute approximate surface area is 115 Å². The summed E-state index contributed by atoms with van der Waals surface area (Å²) in [5, 5.41) is 8.68. The van der Waals surface area contributed by atoms with Crippen molar-refractivity contribution in [2.45, 2.75) is 50.9 Å². The number of unbranched alkanes of at least 4 members (excludes halogenated alkanes) is 3. The Kier molecular flexibility index (Phi) is 6.34. The number of epoxide rings is 1. The molecule has 1 aromatic rings. The molecule has 0 unspecified atom stereocenters. The SMILES string of the molecule is OCCCCCC[C@H]1O[C@@H]1COCc1ccccc1. The average molecular weight is 264 g/mol. The number of hydrogen-bond acceptors (Lipinski definition) is 3. The Morgan fingerprint density at radius 1 is 1.00 bits per heavy atom. The van der Waals surface area contributed by atoms with Gasteiger partial charge in [0, 0.05) is 6.61 Å². The molecule has 3 nitrogen and oxygen atoms in total. The molecule has 0 spiro atoms. The van der Waals surface area contributed by atoms with Gasteiger partial charge in [0.2, 0.25) is 0 Å². The van der Waals surface area contributed by atoms with Crippen LogP contribution in [0.3, 0.4) is 0 Å². The van der Waals surface area contributed by atoms with E-state index in [1.807, 2.05) is 18.2 Å². The van der Waals surface area contributed by atoms with Crippen molar-refractivity contribution in [1.29, 1.82) is 0 Å². The number of rotatable bonds is 10. The van der Waals surface area contributed by atoms with Gasteiger partial charge in [-0.3, -0.25) is 0 Å². The molecule has 1 saturated heterocycles. The largest absolute Gasteiger partial charge is 0.396 e. The van der Waals surface area contributed by atoms with E-state index in [9.17, 15) is 0 Å². The zero-order valence-electron chi connectivity index (χ0n) is 11.5. The number of aliphatic hydroxyl groups is 1. The van der Waals surface area contributed by atoms with Crippen molar-refractivity contribution in [3.8, 4) is 0 Å². The maximum Gasteiger partial charge on any atom is 0.107 e. The molecule has 0 saturated carbocycles. The van der Waals surface area contributed by atoms with Crippen molar-refractivity contribution in [2.24, 2.45) is 0 Å². The Morgan fingerprint density at radius 3 is 2.58 bits per heavy atom. The molecule has 0 aliphatic carbocycles. The van der Waals surface area contributed by atoms with E-state index < -0.39 is 0 Å². The van der Waals surface area contributed by atoms with Crippen molar-refractivity contribution >= 4 is 0 Å². The maximum absolute atomic E-state index is 8.68. The van der Waals surface area contributed by atoms with Crippen molar-refractivity contribution < 1.29 is 14.6 Å². The predicted octanol–water partition coefficient (Wildman–Crippen LogP) is 2.91. The van der Waals surface area contributed by atoms with Crippen molar-refractivity contribution in [3.05, 3.63) is 35.9 Å². The summed E-state index contributed by atoms with van der Waals surface area (Å²) in [4.78, 5) is 0. The van der Waals surface area contributed by atoms with E-state index in [1.54, 1.807) is 0 Å². The molecular formula is C16H24O3. The summed E-state index contributed by atoms with van der Waals surface area (Å²) in [6, 6.07) is 10.2. The van der Waals surface area contributed by atoms with E-state index in [1.165, 1.54) is 18.4 Å². The van der Waals surface area contributed by atoms with Gasteiger partial charge in [-0.25, -0.2) is 0 Å². The molecule has 1 aromatic carbocycles. The summed E-state index contributed by atoms with van der Waals surface area (Å²) in [7, 11) is 0. The molecule has 0 bridgehead atoms. The summed E-state index contributed by atoms with van der Waals surface area (Å²) >= 11 is 0. The molecule has 106 valence electrons. The topological polar surface area (TPSA) is 42.0 Å². The third kappa shape index (κ3) is 5.72. The summed E-state index contributed by atoms with van der Waals surface area (Å²) in [5.41, 5.74) is 1.21. The first-order chi connectivity index (χ1) is 9.40. The zero-order valence-corrected chi connectivity index (χ0v) is 11.5. The van der Waals surface area contributed by atoms with Crippen LogP contribution in [0.25, 0.3) is 0 Å². The molecule has 1 N–H and O–H groups in total. The smallest absolute Gasteiger partial charge is 0.107 e. The lowest BCUT2D eigenvalue weighted by Gasteiger charge is -2.02. The van der Waals surface area contributed by atoms with Gasteiger partial charge >= 0.3 is 0 Å².